The minimum absolute atomic E-state index is 0.420. The predicted octanol–water partition coefficient (Wildman–Crippen LogP) is 5.41. The minimum Gasteiger partial charge on any atom is -0.332 e. The Morgan fingerprint density at radius 1 is 0.938 bits per heavy atom. The molecule has 1 fully saturated rings. The summed E-state index contributed by atoms with van der Waals surface area (Å²) in [4.78, 5) is 7.01. The van der Waals surface area contributed by atoms with Crippen LogP contribution in [0.15, 0.2) is 33.4 Å². The molecule has 1 unspecified atom stereocenters. The lowest BCUT2D eigenvalue weighted by Gasteiger charge is -2.30. The highest BCUT2D eigenvalue weighted by atomic mass is 35.5. The summed E-state index contributed by atoms with van der Waals surface area (Å²) in [5.74, 6) is -2.47. The van der Waals surface area contributed by atoms with E-state index in [4.69, 9.17) is 23.2 Å². The van der Waals surface area contributed by atoms with Gasteiger partial charge in [-0.05, 0) is 12.1 Å². The first-order valence-electron chi connectivity index (χ1n) is 8.28. The lowest BCUT2D eigenvalue weighted by Crippen LogP contribution is -2.47. The Hall–Kier alpha value is -2.19. The van der Waals surface area contributed by atoms with Crippen LogP contribution in [0.3, 0.4) is 0 Å². The third-order valence-corrected chi connectivity index (χ3v) is 5.03. The van der Waals surface area contributed by atoms with Gasteiger partial charge in [0.15, 0.2) is 12.0 Å². The summed E-state index contributed by atoms with van der Waals surface area (Å²) >= 11 is 11.9. The van der Waals surface area contributed by atoms with Gasteiger partial charge in [-0.2, -0.15) is 44.5 Å². The van der Waals surface area contributed by atoms with Crippen molar-refractivity contribution in [2.75, 3.05) is 19.1 Å². The van der Waals surface area contributed by atoms with E-state index in [1.165, 1.54) is 5.32 Å². The first-order chi connectivity index (χ1) is 14.5. The number of nitrogens with zero attached hydrogens (tertiary/aromatic N) is 4. The number of hydrogen-bond acceptors (Lipinski definition) is 4. The molecule has 0 saturated carbocycles. The number of allylic oxidation sites excluding steroid dienone is 1. The molecule has 0 amide bonds. The van der Waals surface area contributed by atoms with E-state index in [-0.39, 0.29) is 0 Å². The lowest BCUT2D eigenvalue weighted by atomic mass is 10.1. The molecule has 2 aliphatic heterocycles. The lowest BCUT2D eigenvalue weighted by molar-refractivity contribution is -0.137. The van der Waals surface area contributed by atoms with E-state index in [1.54, 1.807) is 0 Å². The monoisotopic (exact) mass is 513 g/mol. The normalized spacial score (nSPS) is 21.8. The molecule has 16 heteroatoms. The topological polar surface area (TPSA) is 43.2 Å². The largest absolute Gasteiger partial charge is 0.449 e. The summed E-state index contributed by atoms with van der Waals surface area (Å²) in [6, 6.07) is 0.959. The van der Waals surface area contributed by atoms with Gasteiger partial charge < -0.3 is 5.32 Å². The van der Waals surface area contributed by atoms with Crippen molar-refractivity contribution in [3.05, 3.63) is 39.0 Å². The molecule has 1 N–H and O–H groups in total. The zero-order chi connectivity index (χ0) is 24.4. The first-order valence-corrected chi connectivity index (χ1v) is 9.03. The van der Waals surface area contributed by atoms with Gasteiger partial charge in [0.05, 0.1) is 26.9 Å². The second-order valence-electron chi connectivity index (χ2n) is 6.48. The van der Waals surface area contributed by atoms with Crippen LogP contribution in [0.2, 0.25) is 10.0 Å². The summed E-state index contributed by atoms with van der Waals surface area (Å²) < 4.78 is 120. The SMILES string of the molecule is CN=C1C2=C(C(F)(F)F)NC(C(F)(F)F)=NC2N(C)N1c1c(Cl)cc(C(F)(F)F)cc1Cl. The zero-order valence-corrected chi connectivity index (χ0v) is 17.2. The molecule has 1 atom stereocenters. The molecule has 2 heterocycles. The third kappa shape index (κ3) is 4.10. The van der Waals surface area contributed by atoms with Gasteiger partial charge in [-0.25, -0.2) is 4.99 Å². The quantitative estimate of drug-likeness (QED) is 0.510. The van der Waals surface area contributed by atoms with Crippen molar-refractivity contribution >= 4 is 40.6 Å². The van der Waals surface area contributed by atoms with Crippen LogP contribution in [0.1, 0.15) is 5.56 Å². The minimum atomic E-state index is -5.28. The maximum atomic E-state index is 13.6. The highest BCUT2D eigenvalue weighted by Gasteiger charge is 2.54. The summed E-state index contributed by atoms with van der Waals surface area (Å²) in [6.45, 7) is 0. The van der Waals surface area contributed by atoms with Gasteiger partial charge in [-0.3, -0.25) is 10.0 Å². The molecule has 0 radical (unpaired) electrons. The second kappa shape index (κ2) is 7.70. The van der Waals surface area contributed by atoms with Crippen molar-refractivity contribution in [1.82, 2.24) is 10.3 Å². The molecule has 0 aromatic heterocycles. The summed E-state index contributed by atoms with van der Waals surface area (Å²) in [5.41, 5.74) is -4.22. The molecule has 2 aliphatic rings. The Balaban J connectivity index is 2.25. The molecule has 1 aromatic carbocycles. The van der Waals surface area contributed by atoms with Crippen molar-refractivity contribution in [3.8, 4) is 0 Å². The number of likely N-dealkylation sites (N-methyl/N-ethyl adjacent to an activating group) is 1. The van der Waals surface area contributed by atoms with Crippen LogP contribution in [-0.2, 0) is 6.18 Å². The third-order valence-electron chi connectivity index (χ3n) is 4.45. The predicted molar refractivity (Wildman–Crippen MR) is 98.6 cm³/mol. The number of benzene rings is 1. The first kappa shape index (κ1) is 24.5. The molecule has 1 aromatic rings. The molecule has 0 spiro atoms. The maximum Gasteiger partial charge on any atom is 0.449 e. The zero-order valence-electron chi connectivity index (χ0n) is 15.7. The fourth-order valence-corrected chi connectivity index (χ4v) is 3.83. The van der Waals surface area contributed by atoms with Crippen molar-refractivity contribution in [2.45, 2.75) is 24.7 Å². The molecule has 176 valence electrons. The van der Waals surface area contributed by atoms with Crippen LogP contribution in [0.5, 0.6) is 0 Å². The Morgan fingerprint density at radius 3 is 1.88 bits per heavy atom. The number of halogens is 11. The van der Waals surface area contributed by atoms with E-state index in [1.807, 2.05) is 0 Å². The Kier molecular flexibility index (Phi) is 5.88. The number of nitrogens with one attached hydrogen (secondary N) is 1. The number of amidine groups is 2. The number of alkyl halides is 9. The number of hydrazine groups is 1. The van der Waals surface area contributed by atoms with Gasteiger partial charge >= 0.3 is 18.5 Å². The molecule has 0 aliphatic carbocycles. The summed E-state index contributed by atoms with van der Waals surface area (Å²) in [5, 5.41) is 1.58. The average molecular weight is 514 g/mol. The van der Waals surface area contributed by atoms with Gasteiger partial charge in [0.1, 0.15) is 5.70 Å². The van der Waals surface area contributed by atoms with Gasteiger partial charge in [-0.15, -0.1) is 0 Å². The molecule has 0 bridgehead atoms. The van der Waals surface area contributed by atoms with Gasteiger partial charge in [0.2, 0.25) is 5.84 Å². The van der Waals surface area contributed by atoms with Crippen LogP contribution in [0.4, 0.5) is 45.2 Å². The van der Waals surface area contributed by atoms with E-state index in [2.05, 4.69) is 9.98 Å². The van der Waals surface area contributed by atoms with Crippen molar-refractivity contribution in [1.29, 1.82) is 0 Å². The fraction of sp³-hybridized carbons (Fsp3) is 0.375. The van der Waals surface area contributed by atoms with Crippen molar-refractivity contribution < 1.29 is 39.5 Å². The standard InChI is InChI=1S/C16H10Cl2F9N5/c1-28-11-8-10(15(22,23)24)29-13(16(25,26)27)30-12(8)31(2)32(11)9-6(17)3-5(4-7(9)18)14(19,20)21/h3-4,12H,1-2H3,(H,29,30). The number of rotatable bonds is 1. The van der Waals surface area contributed by atoms with Crippen LogP contribution in [0.25, 0.3) is 0 Å². The van der Waals surface area contributed by atoms with Crippen LogP contribution < -0.4 is 10.3 Å². The van der Waals surface area contributed by atoms with E-state index in [9.17, 15) is 39.5 Å². The summed E-state index contributed by atoms with van der Waals surface area (Å²) in [7, 11) is 2.10. The van der Waals surface area contributed by atoms with Gasteiger partial charge in [0, 0.05) is 14.1 Å². The molecule has 3 rings (SSSR count). The van der Waals surface area contributed by atoms with E-state index in [0.717, 1.165) is 24.1 Å². The number of hydrogen-bond donors (Lipinski definition) is 1. The van der Waals surface area contributed by atoms with E-state index in [0.29, 0.717) is 12.1 Å². The van der Waals surface area contributed by atoms with Crippen LogP contribution in [-0.4, -0.2) is 49.3 Å². The number of aliphatic imine (C=N–C) groups is 2. The number of anilines is 1. The molecule has 32 heavy (non-hydrogen) atoms. The van der Waals surface area contributed by atoms with E-state index >= 15 is 0 Å². The smallest absolute Gasteiger partial charge is 0.332 e. The Morgan fingerprint density at radius 2 is 1.47 bits per heavy atom. The van der Waals surface area contributed by atoms with Gasteiger partial charge in [0.25, 0.3) is 0 Å². The molecular weight excluding hydrogens is 504 g/mol. The van der Waals surface area contributed by atoms with Crippen molar-refractivity contribution in [2.24, 2.45) is 9.98 Å². The van der Waals surface area contributed by atoms with Crippen LogP contribution >= 0.6 is 23.2 Å². The Bertz CT molecular complexity index is 1020. The van der Waals surface area contributed by atoms with E-state index < -0.39 is 68.9 Å². The molecular formula is C16H10Cl2F9N5. The Labute approximate surface area is 183 Å². The highest BCUT2D eigenvalue weighted by Crippen LogP contribution is 2.46. The fourth-order valence-electron chi connectivity index (χ4n) is 3.18. The van der Waals surface area contributed by atoms with Crippen LogP contribution in [0, 0.1) is 0 Å². The molecule has 1 saturated heterocycles. The van der Waals surface area contributed by atoms with Gasteiger partial charge in [-0.1, -0.05) is 23.2 Å². The number of fused-ring (bicyclic) bond motifs is 1. The van der Waals surface area contributed by atoms with Crippen molar-refractivity contribution in [3.63, 3.8) is 0 Å². The average Bonchev–Trinajstić information content (AvgIpc) is 2.90. The molecule has 5 nitrogen and oxygen atoms in total. The highest BCUT2D eigenvalue weighted by molar-refractivity contribution is 6.40. The maximum absolute atomic E-state index is 13.6. The summed E-state index contributed by atoms with van der Waals surface area (Å²) in [6.07, 6.45) is -17.2. The second-order valence-corrected chi connectivity index (χ2v) is 7.29.